The molecule has 1 unspecified atom stereocenters. The van der Waals surface area contributed by atoms with E-state index >= 15 is 0 Å². The van der Waals surface area contributed by atoms with E-state index in [0.29, 0.717) is 35.1 Å². The van der Waals surface area contributed by atoms with Gasteiger partial charge in [-0.1, -0.05) is 29.3 Å². The van der Waals surface area contributed by atoms with Crippen LogP contribution in [0.15, 0.2) is 46.9 Å². The number of nitrogens with zero attached hydrogens (tertiary/aromatic N) is 2. The Morgan fingerprint density at radius 1 is 1.15 bits per heavy atom. The third kappa shape index (κ3) is 6.68. The van der Waals surface area contributed by atoms with E-state index in [0.717, 1.165) is 40.8 Å². The van der Waals surface area contributed by atoms with Crippen molar-refractivity contribution in [3.63, 3.8) is 0 Å². The molecular formula is C23H25Cl3IN3O3. The van der Waals surface area contributed by atoms with E-state index < -0.39 is 6.10 Å². The van der Waals surface area contributed by atoms with E-state index in [1.807, 2.05) is 30.3 Å². The van der Waals surface area contributed by atoms with E-state index in [-0.39, 0.29) is 24.1 Å². The van der Waals surface area contributed by atoms with Gasteiger partial charge in [-0.2, -0.15) is 0 Å². The number of carbonyl (C=O) groups excluding carboxylic acids is 1. The van der Waals surface area contributed by atoms with Crippen molar-refractivity contribution >= 4 is 80.8 Å². The number of piperazine rings is 1. The molecule has 4 rings (SSSR count). The average Bonchev–Trinajstić information content (AvgIpc) is 3.19. The molecule has 3 aromatic rings. The number of fused-ring (bicyclic) bond motifs is 1. The number of rotatable bonds is 7. The third-order valence-electron chi connectivity index (χ3n) is 5.58. The van der Waals surface area contributed by atoms with Crippen LogP contribution in [0.4, 0.5) is 5.69 Å². The molecule has 1 fully saturated rings. The second-order valence-corrected chi connectivity index (χ2v) is 9.88. The Kier molecular flexibility index (Phi) is 9.55. The summed E-state index contributed by atoms with van der Waals surface area (Å²) in [6.07, 6.45) is -0.0432. The van der Waals surface area contributed by atoms with E-state index in [4.69, 9.17) is 27.6 Å². The fourth-order valence-corrected chi connectivity index (χ4v) is 4.79. The highest BCUT2D eigenvalue weighted by Gasteiger charge is 2.21. The molecule has 1 saturated heterocycles. The normalized spacial score (nSPS) is 15.3. The molecule has 33 heavy (non-hydrogen) atoms. The number of β-amino-alcohol motifs (C(OH)–C–C–N with tert-alkyl or cyclic N) is 1. The molecule has 2 N–H and O–H groups in total. The van der Waals surface area contributed by atoms with Crippen LogP contribution in [0, 0.1) is 3.57 Å². The summed E-state index contributed by atoms with van der Waals surface area (Å²) in [6.45, 7) is 4.22. The summed E-state index contributed by atoms with van der Waals surface area (Å²) < 4.78 is 6.70. The minimum Gasteiger partial charge on any atom is -0.451 e. The summed E-state index contributed by atoms with van der Waals surface area (Å²) in [6, 6.07) is 13.2. The van der Waals surface area contributed by atoms with Gasteiger partial charge in [0.2, 0.25) is 0 Å². The SMILES string of the molecule is Cl.O=C(NCCC(O)CN1CCN(c2cccc(Cl)c2Cl)CC1)c1cc2cc(I)ccc2o1. The van der Waals surface area contributed by atoms with Crippen LogP contribution < -0.4 is 10.2 Å². The summed E-state index contributed by atoms with van der Waals surface area (Å²) in [5, 5.41) is 15.3. The fourth-order valence-electron chi connectivity index (χ4n) is 3.86. The minimum absolute atomic E-state index is 0. The van der Waals surface area contributed by atoms with Gasteiger partial charge in [-0.3, -0.25) is 9.69 Å². The Bertz CT molecular complexity index is 1100. The van der Waals surface area contributed by atoms with Crippen LogP contribution in [0.3, 0.4) is 0 Å². The standard InChI is InChI=1S/C23H24Cl2IN3O3.ClH/c24-18-2-1-3-19(22(18)25)29-10-8-28(9-11-29)14-17(30)6-7-27-23(31)21-13-15-12-16(26)4-5-20(15)32-21;/h1-5,12-13,17,30H,6-11,14H2,(H,27,31);1H. The van der Waals surface area contributed by atoms with Crippen molar-refractivity contribution in [2.75, 3.05) is 44.2 Å². The number of hydrogen-bond donors (Lipinski definition) is 2. The predicted molar refractivity (Wildman–Crippen MR) is 144 cm³/mol. The van der Waals surface area contributed by atoms with Crippen LogP contribution in [0.1, 0.15) is 17.0 Å². The molecule has 0 spiro atoms. The molecule has 1 aliphatic heterocycles. The van der Waals surface area contributed by atoms with Gasteiger partial charge in [0.1, 0.15) is 5.58 Å². The van der Waals surface area contributed by atoms with Gasteiger partial charge in [0, 0.05) is 48.2 Å². The number of benzene rings is 2. The number of hydrogen-bond acceptors (Lipinski definition) is 5. The molecule has 0 saturated carbocycles. The molecule has 1 amide bonds. The van der Waals surface area contributed by atoms with Crippen LogP contribution >= 0.6 is 58.2 Å². The second kappa shape index (κ2) is 12.0. The first-order chi connectivity index (χ1) is 15.4. The molecule has 2 aromatic carbocycles. The van der Waals surface area contributed by atoms with Gasteiger partial charge in [-0.05, 0) is 65.4 Å². The average molecular weight is 625 g/mol. The van der Waals surface area contributed by atoms with Crippen molar-refractivity contribution in [1.82, 2.24) is 10.2 Å². The Hall–Kier alpha value is -1.23. The van der Waals surface area contributed by atoms with Crippen LogP contribution in [-0.4, -0.2) is 61.3 Å². The summed E-state index contributed by atoms with van der Waals surface area (Å²) in [5.74, 6) is 0.0164. The number of furan rings is 1. The number of anilines is 1. The molecule has 0 radical (unpaired) electrons. The van der Waals surface area contributed by atoms with Crippen molar-refractivity contribution in [3.05, 3.63) is 61.8 Å². The molecule has 1 aromatic heterocycles. The lowest BCUT2D eigenvalue weighted by molar-refractivity contribution is 0.0883. The van der Waals surface area contributed by atoms with Gasteiger partial charge in [-0.15, -0.1) is 12.4 Å². The Morgan fingerprint density at radius 3 is 2.67 bits per heavy atom. The van der Waals surface area contributed by atoms with Crippen molar-refractivity contribution < 1.29 is 14.3 Å². The minimum atomic E-state index is -0.520. The quantitative estimate of drug-likeness (QED) is 0.360. The third-order valence-corrected chi connectivity index (χ3v) is 7.06. The van der Waals surface area contributed by atoms with Gasteiger partial charge in [-0.25, -0.2) is 0 Å². The maximum atomic E-state index is 12.4. The molecule has 6 nitrogen and oxygen atoms in total. The zero-order chi connectivity index (χ0) is 22.7. The molecule has 1 aliphatic rings. The van der Waals surface area contributed by atoms with Crippen LogP contribution in [0.5, 0.6) is 0 Å². The lowest BCUT2D eigenvalue weighted by atomic mass is 10.2. The monoisotopic (exact) mass is 623 g/mol. The summed E-state index contributed by atoms with van der Waals surface area (Å²) >= 11 is 14.7. The zero-order valence-corrected chi connectivity index (χ0v) is 22.3. The Balaban J connectivity index is 0.00000306. The number of halogens is 4. The highest BCUT2D eigenvalue weighted by Crippen LogP contribution is 2.32. The maximum Gasteiger partial charge on any atom is 0.287 e. The predicted octanol–water partition coefficient (Wildman–Crippen LogP) is 5.07. The number of nitrogens with one attached hydrogen (secondary N) is 1. The number of amides is 1. The fraction of sp³-hybridized carbons (Fsp3) is 0.348. The van der Waals surface area contributed by atoms with Crippen molar-refractivity contribution in [3.8, 4) is 0 Å². The first-order valence-electron chi connectivity index (χ1n) is 10.5. The maximum absolute atomic E-state index is 12.4. The van der Waals surface area contributed by atoms with Gasteiger partial charge in [0.25, 0.3) is 5.91 Å². The molecule has 0 bridgehead atoms. The van der Waals surface area contributed by atoms with Crippen molar-refractivity contribution in [2.45, 2.75) is 12.5 Å². The van der Waals surface area contributed by atoms with Gasteiger partial charge in [0.15, 0.2) is 5.76 Å². The van der Waals surface area contributed by atoms with Crippen molar-refractivity contribution in [1.29, 1.82) is 0 Å². The van der Waals surface area contributed by atoms with Crippen molar-refractivity contribution in [2.24, 2.45) is 0 Å². The zero-order valence-electron chi connectivity index (χ0n) is 17.8. The molecule has 178 valence electrons. The largest absolute Gasteiger partial charge is 0.451 e. The Labute approximate surface area is 222 Å². The van der Waals surface area contributed by atoms with Gasteiger partial charge in [0.05, 0.1) is 21.8 Å². The van der Waals surface area contributed by atoms with E-state index in [9.17, 15) is 9.90 Å². The van der Waals surface area contributed by atoms with Crippen LogP contribution in [0.2, 0.25) is 10.0 Å². The first kappa shape index (κ1) is 26.4. The number of aliphatic hydroxyl groups is 1. The van der Waals surface area contributed by atoms with E-state index in [1.54, 1.807) is 12.1 Å². The second-order valence-electron chi connectivity index (χ2n) is 7.85. The van der Waals surface area contributed by atoms with Gasteiger partial charge >= 0.3 is 0 Å². The molecule has 2 heterocycles. The first-order valence-corrected chi connectivity index (χ1v) is 12.3. The summed E-state index contributed by atoms with van der Waals surface area (Å²) in [4.78, 5) is 16.8. The van der Waals surface area contributed by atoms with Gasteiger partial charge < -0.3 is 19.7 Å². The number of carbonyl (C=O) groups is 1. The summed E-state index contributed by atoms with van der Waals surface area (Å²) in [7, 11) is 0. The lowest BCUT2D eigenvalue weighted by Gasteiger charge is -2.37. The smallest absolute Gasteiger partial charge is 0.287 e. The lowest BCUT2D eigenvalue weighted by Crippen LogP contribution is -2.49. The molecule has 0 aliphatic carbocycles. The topological polar surface area (TPSA) is 69.0 Å². The number of aliphatic hydroxyl groups excluding tert-OH is 1. The van der Waals surface area contributed by atoms with Crippen LogP contribution in [-0.2, 0) is 0 Å². The Morgan fingerprint density at radius 2 is 1.91 bits per heavy atom. The highest BCUT2D eigenvalue weighted by molar-refractivity contribution is 14.1. The molecule has 10 heteroatoms. The molecule has 1 atom stereocenters. The van der Waals surface area contributed by atoms with E-state index in [1.165, 1.54) is 0 Å². The highest BCUT2D eigenvalue weighted by atomic mass is 127. The molecular weight excluding hydrogens is 600 g/mol. The summed E-state index contributed by atoms with van der Waals surface area (Å²) in [5.41, 5.74) is 1.64. The van der Waals surface area contributed by atoms with E-state index in [2.05, 4.69) is 37.7 Å². The van der Waals surface area contributed by atoms with Crippen LogP contribution in [0.25, 0.3) is 11.0 Å².